The lowest BCUT2D eigenvalue weighted by molar-refractivity contribution is -0.166. The zero-order chi connectivity index (χ0) is 16.4. The van der Waals surface area contributed by atoms with Crippen molar-refractivity contribution in [2.75, 3.05) is 39.9 Å². The molecule has 2 heterocycles. The topological polar surface area (TPSA) is 24.9 Å². The van der Waals surface area contributed by atoms with E-state index in [9.17, 15) is 0 Å². The Morgan fingerprint density at radius 1 is 1.09 bits per heavy atom. The van der Waals surface area contributed by atoms with Gasteiger partial charge in [-0.15, -0.1) is 0 Å². The van der Waals surface area contributed by atoms with Crippen LogP contribution in [0.2, 0.25) is 0 Å². The van der Waals surface area contributed by atoms with Gasteiger partial charge in [-0.05, 0) is 19.5 Å². The fourth-order valence-electron chi connectivity index (χ4n) is 3.92. The van der Waals surface area contributed by atoms with E-state index in [4.69, 9.17) is 9.47 Å². The average molecular weight is 318 g/mol. The number of nitrogens with zero attached hydrogens (tertiary/aromatic N) is 2. The smallest absolute Gasteiger partial charge is 0.118 e. The molecule has 1 aromatic carbocycles. The Hall–Kier alpha value is -0.940. The molecule has 0 N–H and O–H groups in total. The minimum absolute atomic E-state index is 0.0733. The largest absolute Gasteiger partial charge is 0.379 e. The van der Waals surface area contributed by atoms with Crippen LogP contribution in [0.25, 0.3) is 0 Å². The fourth-order valence-corrected chi connectivity index (χ4v) is 3.92. The average Bonchev–Trinajstić information content (AvgIpc) is 2.64. The molecule has 2 aliphatic heterocycles. The third kappa shape index (κ3) is 3.61. The lowest BCUT2D eigenvalue weighted by Gasteiger charge is -2.43. The maximum atomic E-state index is 6.76. The molecule has 2 aliphatic rings. The van der Waals surface area contributed by atoms with Crippen LogP contribution in [0.1, 0.15) is 32.4 Å². The Labute approximate surface area is 140 Å². The quantitative estimate of drug-likeness (QED) is 0.837. The van der Waals surface area contributed by atoms with Crippen LogP contribution in [0.3, 0.4) is 0 Å². The predicted molar refractivity (Wildman–Crippen MR) is 92.3 cm³/mol. The van der Waals surface area contributed by atoms with E-state index >= 15 is 0 Å². The van der Waals surface area contributed by atoms with Gasteiger partial charge in [0.2, 0.25) is 0 Å². The van der Waals surface area contributed by atoms with Gasteiger partial charge in [0.15, 0.2) is 0 Å². The van der Waals surface area contributed by atoms with Gasteiger partial charge in [-0.25, -0.2) is 0 Å². The molecule has 128 valence electrons. The van der Waals surface area contributed by atoms with E-state index in [-0.39, 0.29) is 17.7 Å². The molecule has 2 fully saturated rings. The van der Waals surface area contributed by atoms with E-state index in [1.807, 2.05) is 0 Å². The summed E-state index contributed by atoms with van der Waals surface area (Å²) in [6.07, 6.45) is 0.208. The molecular weight excluding hydrogens is 288 g/mol. The maximum Gasteiger partial charge on any atom is 0.118 e. The van der Waals surface area contributed by atoms with Gasteiger partial charge in [-0.3, -0.25) is 4.90 Å². The zero-order valence-electron chi connectivity index (χ0n) is 14.9. The van der Waals surface area contributed by atoms with Gasteiger partial charge in [0.1, 0.15) is 6.23 Å². The van der Waals surface area contributed by atoms with Crippen LogP contribution in [-0.4, -0.2) is 62.0 Å². The first kappa shape index (κ1) is 16.9. The number of morpholine rings is 1. The first-order valence-electron chi connectivity index (χ1n) is 8.71. The Balaban J connectivity index is 1.90. The van der Waals surface area contributed by atoms with Gasteiger partial charge < -0.3 is 14.4 Å². The summed E-state index contributed by atoms with van der Waals surface area (Å²) < 4.78 is 12.3. The molecule has 0 saturated carbocycles. The van der Waals surface area contributed by atoms with Crippen molar-refractivity contribution in [2.45, 2.75) is 39.1 Å². The predicted octanol–water partition coefficient (Wildman–Crippen LogP) is 2.76. The maximum absolute atomic E-state index is 6.76. The molecule has 23 heavy (non-hydrogen) atoms. The van der Waals surface area contributed by atoms with Crippen LogP contribution in [0.4, 0.5) is 0 Å². The second-order valence-electron chi connectivity index (χ2n) is 7.61. The summed E-state index contributed by atoms with van der Waals surface area (Å²) >= 11 is 0. The molecule has 3 rings (SSSR count). The van der Waals surface area contributed by atoms with E-state index < -0.39 is 0 Å². The van der Waals surface area contributed by atoms with Crippen LogP contribution < -0.4 is 0 Å². The monoisotopic (exact) mass is 318 g/mol. The molecule has 4 heteroatoms. The van der Waals surface area contributed by atoms with E-state index in [0.717, 1.165) is 32.8 Å². The molecule has 1 aromatic rings. The Bertz CT molecular complexity index is 499. The highest BCUT2D eigenvalue weighted by molar-refractivity contribution is 5.19. The van der Waals surface area contributed by atoms with Gasteiger partial charge in [-0.2, -0.15) is 0 Å². The summed E-state index contributed by atoms with van der Waals surface area (Å²) in [5.41, 5.74) is 1.34. The highest BCUT2D eigenvalue weighted by Crippen LogP contribution is 2.38. The fraction of sp³-hybridized carbons (Fsp3) is 0.684. The molecule has 3 atom stereocenters. The van der Waals surface area contributed by atoms with Gasteiger partial charge in [0.25, 0.3) is 0 Å². The van der Waals surface area contributed by atoms with E-state index in [1.54, 1.807) is 0 Å². The van der Waals surface area contributed by atoms with Crippen molar-refractivity contribution in [3.05, 3.63) is 35.9 Å². The molecular formula is C19H30N2O2. The molecule has 0 aliphatic carbocycles. The minimum atomic E-state index is 0.0733. The Kier molecular flexibility index (Phi) is 5.07. The van der Waals surface area contributed by atoms with E-state index in [0.29, 0.717) is 6.04 Å². The summed E-state index contributed by atoms with van der Waals surface area (Å²) in [5.74, 6) is 0. The van der Waals surface area contributed by atoms with E-state index in [2.05, 4.69) is 68.0 Å². The van der Waals surface area contributed by atoms with Gasteiger partial charge in [0.05, 0.1) is 19.3 Å². The van der Waals surface area contributed by atoms with Gasteiger partial charge in [-0.1, -0.05) is 44.2 Å². The molecule has 0 radical (unpaired) electrons. The summed E-state index contributed by atoms with van der Waals surface area (Å²) in [4.78, 5) is 4.91. The lowest BCUT2D eigenvalue weighted by atomic mass is 9.89. The number of likely N-dealkylation sites (N-methyl/N-ethyl adjacent to an activating group) is 1. The zero-order valence-corrected chi connectivity index (χ0v) is 14.9. The second-order valence-corrected chi connectivity index (χ2v) is 7.61. The van der Waals surface area contributed by atoms with Crippen molar-refractivity contribution in [1.29, 1.82) is 0 Å². The highest BCUT2D eigenvalue weighted by Gasteiger charge is 2.43. The normalized spacial score (nSPS) is 33.3. The first-order chi connectivity index (χ1) is 11.0. The third-order valence-corrected chi connectivity index (χ3v) is 5.24. The van der Waals surface area contributed by atoms with Crippen LogP contribution in [-0.2, 0) is 9.47 Å². The SMILES string of the molecule is C[C@H]1[C@@H](c2ccccc2)O[C@H](N2CCOCC2)C(C)(C)CN1C. The number of ether oxygens (including phenoxy) is 2. The van der Waals surface area contributed by atoms with E-state index in [1.165, 1.54) is 5.56 Å². The second kappa shape index (κ2) is 6.89. The van der Waals surface area contributed by atoms with Crippen molar-refractivity contribution in [2.24, 2.45) is 5.41 Å². The first-order valence-corrected chi connectivity index (χ1v) is 8.71. The summed E-state index contributed by atoms with van der Waals surface area (Å²) in [6.45, 7) is 11.5. The van der Waals surface area contributed by atoms with Crippen LogP contribution in [0.5, 0.6) is 0 Å². The van der Waals surface area contributed by atoms with Crippen LogP contribution in [0.15, 0.2) is 30.3 Å². The summed E-state index contributed by atoms with van der Waals surface area (Å²) in [7, 11) is 2.22. The molecule has 0 amide bonds. The number of rotatable bonds is 2. The molecule has 2 saturated heterocycles. The molecule has 4 nitrogen and oxygen atoms in total. The minimum Gasteiger partial charge on any atom is -0.379 e. The van der Waals surface area contributed by atoms with Gasteiger partial charge >= 0.3 is 0 Å². The molecule has 0 spiro atoms. The molecule has 0 bridgehead atoms. The Morgan fingerprint density at radius 2 is 1.74 bits per heavy atom. The number of hydrogen-bond acceptors (Lipinski definition) is 4. The number of hydrogen-bond donors (Lipinski definition) is 0. The lowest BCUT2D eigenvalue weighted by Crippen LogP contribution is -2.53. The van der Waals surface area contributed by atoms with Crippen LogP contribution in [0, 0.1) is 5.41 Å². The van der Waals surface area contributed by atoms with Crippen molar-refractivity contribution in [1.82, 2.24) is 9.80 Å². The highest BCUT2D eigenvalue weighted by atomic mass is 16.5. The van der Waals surface area contributed by atoms with Crippen molar-refractivity contribution in [3.8, 4) is 0 Å². The third-order valence-electron chi connectivity index (χ3n) is 5.24. The van der Waals surface area contributed by atoms with Crippen molar-refractivity contribution in [3.63, 3.8) is 0 Å². The van der Waals surface area contributed by atoms with Gasteiger partial charge in [0, 0.05) is 31.1 Å². The molecule has 0 aromatic heterocycles. The summed E-state index contributed by atoms with van der Waals surface area (Å²) in [6, 6.07) is 11.0. The summed E-state index contributed by atoms with van der Waals surface area (Å²) in [5, 5.41) is 0. The Morgan fingerprint density at radius 3 is 2.39 bits per heavy atom. The van der Waals surface area contributed by atoms with Crippen molar-refractivity contribution < 1.29 is 9.47 Å². The standard InChI is InChI=1S/C19H30N2O2/c1-15-17(16-8-6-5-7-9-16)23-18(19(2,3)14-20(15)4)21-10-12-22-13-11-21/h5-9,15,17-18H,10-14H2,1-4H3/t15-,17-,18-/m0/s1. The number of benzene rings is 1. The van der Waals surface area contributed by atoms with Crippen molar-refractivity contribution >= 4 is 0 Å². The molecule has 0 unspecified atom stereocenters. The van der Waals surface area contributed by atoms with Crippen LogP contribution >= 0.6 is 0 Å².